The van der Waals surface area contributed by atoms with E-state index < -0.39 is 0 Å². The molecular weight excluding hydrogens is 278 g/mol. The molecular formula is C14H24BrNO. The highest BCUT2D eigenvalue weighted by Gasteiger charge is 2.37. The third-order valence-electron chi connectivity index (χ3n) is 4.43. The van der Waals surface area contributed by atoms with E-state index in [2.05, 4.69) is 35.1 Å². The molecule has 2 unspecified atom stereocenters. The summed E-state index contributed by atoms with van der Waals surface area (Å²) in [5.74, 6) is 1.30. The van der Waals surface area contributed by atoms with Crippen molar-refractivity contribution in [1.29, 1.82) is 0 Å². The average molecular weight is 302 g/mol. The first kappa shape index (κ1) is 13.4. The fourth-order valence-corrected chi connectivity index (χ4v) is 3.62. The zero-order valence-corrected chi connectivity index (χ0v) is 12.6. The minimum absolute atomic E-state index is 0.184. The van der Waals surface area contributed by atoms with E-state index in [1.807, 2.05) is 0 Å². The Labute approximate surface area is 113 Å². The molecule has 0 aromatic heterocycles. The maximum Gasteiger partial charge on any atom is 0.223 e. The van der Waals surface area contributed by atoms with Gasteiger partial charge in [-0.1, -0.05) is 42.6 Å². The number of nitrogens with one attached hydrogen (secondary N) is 1. The summed E-state index contributed by atoms with van der Waals surface area (Å²) in [6.07, 6.45) is 7.38. The Balaban J connectivity index is 1.81. The molecule has 0 aromatic carbocycles. The Morgan fingerprint density at radius 1 is 1.35 bits per heavy atom. The van der Waals surface area contributed by atoms with Gasteiger partial charge in [-0.2, -0.15) is 0 Å². The number of carbonyl (C=O) groups excluding carboxylic acids is 1. The van der Waals surface area contributed by atoms with Crippen molar-refractivity contribution in [3.05, 3.63) is 0 Å². The van der Waals surface area contributed by atoms with E-state index in [9.17, 15) is 4.79 Å². The number of amides is 1. The minimum Gasteiger partial charge on any atom is -0.355 e. The van der Waals surface area contributed by atoms with Gasteiger partial charge in [0.15, 0.2) is 0 Å². The van der Waals surface area contributed by atoms with Crippen LogP contribution < -0.4 is 5.32 Å². The maximum atomic E-state index is 12.2. The Hall–Kier alpha value is -0.0500. The lowest BCUT2D eigenvalue weighted by Crippen LogP contribution is -2.42. The zero-order chi connectivity index (χ0) is 12.5. The van der Waals surface area contributed by atoms with Gasteiger partial charge < -0.3 is 5.32 Å². The fourth-order valence-electron chi connectivity index (χ4n) is 2.93. The van der Waals surface area contributed by atoms with Gasteiger partial charge in [-0.25, -0.2) is 0 Å². The summed E-state index contributed by atoms with van der Waals surface area (Å²) < 4.78 is 0. The Kier molecular flexibility index (Phi) is 4.17. The maximum absolute atomic E-state index is 12.2. The van der Waals surface area contributed by atoms with Crippen LogP contribution in [-0.2, 0) is 4.79 Å². The molecule has 1 amide bonds. The van der Waals surface area contributed by atoms with Gasteiger partial charge in [0.1, 0.15) is 0 Å². The highest BCUT2D eigenvalue weighted by atomic mass is 79.9. The molecule has 2 aliphatic rings. The summed E-state index contributed by atoms with van der Waals surface area (Å²) in [7, 11) is 0. The van der Waals surface area contributed by atoms with Gasteiger partial charge in [-0.15, -0.1) is 0 Å². The highest BCUT2D eigenvalue weighted by molar-refractivity contribution is 9.09. The lowest BCUT2D eigenvalue weighted by Gasteiger charge is -2.37. The molecule has 2 nitrogen and oxygen atoms in total. The van der Waals surface area contributed by atoms with Crippen molar-refractivity contribution >= 4 is 21.8 Å². The van der Waals surface area contributed by atoms with E-state index in [0.29, 0.717) is 4.83 Å². The second-order valence-corrected chi connectivity index (χ2v) is 7.56. The summed E-state index contributed by atoms with van der Waals surface area (Å²) in [6.45, 7) is 5.28. The van der Waals surface area contributed by atoms with Crippen LogP contribution in [0.1, 0.15) is 52.4 Å². The number of halogens is 1. The van der Waals surface area contributed by atoms with Crippen molar-refractivity contribution < 1.29 is 4.79 Å². The molecule has 2 aliphatic carbocycles. The van der Waals surface area contributed by atoms with E-state index >= 15 is 0 Å². The second-order valence-electron chi connectivity index (χ2n) is 6.39. The molecule has 0 saturated heterocycles. The number of rotatable bonds is 4. The van der Waals surface area contributed by atoms with Crippen LogP contribution in [0.5, 0.6) is 0 Å². The molecule has 2 saturated carbocycles. The molecule has 2 atom stereocenters. The number of alkyl halides is 1. The molecule has 2 fully saturated rings. The average Bonchev–Trinajstić information content (AvgIpc) is 3.08. The van der Waals surface area contributed by atoms with E-state index in [0.717, 1.165) is 18.9 Å². The monoisotopic (exact) mass is 301 g/mol. The van der Waals surface area contributed by atoms with Gasteiger partial charge >= 0.3 is 0 Å². The van der Waals surface area contributed by atoms with Crippen LogP contribution in [0.25, 0.3) is 0 Å². The first-order valence-electron chi connectivity index (χ1n) is 6.92. The molecule has 0 radical (unpaired) electrons. The third kappa shape index (κ3) is 3.46. The largest absolute Gasteiger partial charge is 0.355 e. The summed E-state index contributed by atoms with van der Waals surface area (Å²) >= 11 is 3.67. The standard InChI is InChI=1S/C14H24BrNO/c1-14(2)8-4-3-5-11(14)13(17)16-9-12(15)10-6-7-10/h10-12H,3-9H2,1-2H3,(H,16,17). The van der Waals surface area contributed by atoms with Crippen LogP contribution in [-0.4, -0.2) is 17.3 Å². The molecule has 0 bridgehead atoms. The van der Waals surface area contributed by atoms with Gasteiger partial charge in [0.25, 0.3) is 0 Å². The van der Waals surface area contributed by atoms with Gasteiger partial charge in [0, 0.05) is 17.3 Å². The van der Waals surface area contributed by atoms with Gasteiger partial charge in [0.2, 0.25) is 5.91 Å². The summed E-state index contributed by atoms with van der Waals surface area (Å²) in [4.78, 5) is 12.7. The van der Waals surface area contributed by atoms with Crippen LogP contribution in [0.15, 0.2) is 0 Å². The van der Waals surface area contributed by atoms with Crippen molar-refractivity contribution in [3.8, 4) is 0 Å². The van der Waals surface area contributed by atoms with Crippen molar-refractivity contribution in [3.63, 3.8) is 0 Å². The SMILES string of the molecule is CC1(C)CCCCC1C(=O)NCC(Br)C1CC1. The number of hydrogen-bond acceptors (Lipinski definition) is 1. The molecule has 3 heteroatoms. The molecule has 2 rings (SSSR count). The lowest BCUT2D eigenvalue weighted by molar-refractivity contribution is -0.130. The van der Waals surface area contributed by atoms with Crippen molar-refractivity contribution in [2.45, 2.75) is 57.2 Å². The molecule has 17 heavy (non-hydrogen) atoms. The van der Waals surface area contributed by atoms with E-state index in [4.69, 9.17) is 0 Å². The topological polar surface area (TPSA) is 29.1 Å². The van der Waals surface area contributed by atoms with Crippen LogP contribution >= 0.6 is 15.9 Å². The van der Waals surface area contributed by atoms with Gasteiger partial charge in [-0.3, -0.25) is 4.79 Å². The molecule has 0 spiro atoms. The zero-order valence-electron chi connectivity index (χ0n) is 11.0. The lowest BCUT2D eigenvalue weighted by atomic mass is 9.68. The van der Waals surface area contributed by atoms with Crippen molar-refractivity contribution in [2.75, 3.05) is 6.54 Å². The van der Waals surface area contributed by atoms with Crippen LogP contribution in [0.3, 0.4) is 0 Å². The predicted molar refractivity (Wildman–Crippen MR) is 74.2 cm³/mol. The normalized spacial score (nSPS) is 29.7. The molecule has 98 valence electrons. The second kappa shape index (κ2) is 5.29. The van der Waals surface area contributed by atoms with E-state index in [-0.39, 0.29) is 17.2 Å². The molecule has 1 N–H and O–H groups in total. The summed E-state index contributed by atoms with van der Waals surface area (Å²) in [5, 5.41) is 3.14. The molecule has 0 heterocycles. The Bertz CT molecular complexity index is 286. The van der Waals surface area contributed by atoms with Crippen molar-refractivity contribution in [1.82, 2.24) is 5.32 Å². The van der Waals surface area contributed by atoms with Crippen molar-refractivity contribution in [2.24, 2.45) is 17.3 Å². The van der Waals surface area contributed by atoms with Crippen LogP contribution in [0.4, 0.5) is 0 Å². The fraction of sp³-hybridized carbons (Fsp3) is 0.929. The summed E-state index contributed by atoms with van der Waals surface area (Å²) in [6, 6.07) is 0. The van der Waals surface area contributed by atoms with Gasteiger partial charge in [0.05, 0.1) is 0 Å². The highest BCUT2D eigenvalue weighted by Crippen LogP contribution is 2.41. The minimum atomic E-state index is 0.184. The Morgan fingerprint density at radius 2 is 2.06 bits per heavy atom. The quantitative estimate of drug-likeness (QED) is 0.791. The smallest absolute Gasteiger partial charge is 0.223 e. The Morgan fingerprint density at radius 3 is 2.65 bits per heavy atom. The predicted octanol–water partition coefficient (Wildman–Crippen LogP) is 3.49. The van der Waals surface area contributed by atoms with E-state index in [1.165, 1.54) is 32.1 Å². The molecule has 0 aliphatic heterocycles. The van der Waals surface area contributed by atoms with Gasteiger partial charge in [-0.05, 0) is 37.0 Å². The first-order chi connectivity index (χ1) is 8.00. The number of carbonyl (C=O) groups is 1. The van der Waals surface area contributed by atoms with Crippen LogP contribution in [0, 0.1) is 17.3 Å². The van der Waals surface area contributed by atoms with E-state index in [1.54, 1.807) is 0 Å². The number of hydrogen-bond donors (Lipinski definition) is 1. The first-order valence-corrected chi connectivity index (χ1v) is 7.84. The third-order valence-corrected chi connectivity index (χ3v) is 5.50. The van der Waals surface area contributed by atoms with Crippen LogP contribution in [0.2, 0.25) is 0 Å². The molecule has 0 aromatic rings. The summed E-state index contributed by atoms with van der Waals surface area (Å²) in [5.41, 5.74) is 0.184.